The second-order valence-electron chi connectivity index (χ2n) is 4.07. The van der Waals surface area contributed by atoms with Gasteiger partial charge in [-0.1, -0.05) is 17.7 Å². The van der Waals surface area contributed by atoms with Crippen molar-refractivity contribution in [3.8, 4) is 0 Å². The van der Waals surface area contributed by atoms with E-state index in [1.165, 1.54) is 0 Å². The van der Waals surface area contributed by atoms with Crippen LogP contribution >= 0.6 is 50.1 Å². The van der Waals surface area contributed by atoms with Crippen LogP contribution in [0.5, 0.6) is 0 Å². The van der Waals surface area contributed by atoms with Gasteiger partial charge < -0.3 is 5.32 Å². The normalized spacial score (nSPS) is 10.3. The lowest BCUT2D eigenvalue weighted by molar-refractivity contribution is 0.102. The van der Waals surface area contributed by atoms with Crippen molar-refractivity contribution in [1.82, 2.24) is 0 Å². The molecule has 0 aliphatic carbocycles. The van der Waals surface area contributed by atoms with Crippen LogP contribution in [0.4, 0.5) is 5.69 Å². The number of nitrogens with one attached hydrogen (secondary N) is 1. The summed E-state index contributed by atoms with van der Waals surface area (Å²) in [5, 5.41) is 3.43. The lowest BCUT2D eigenvalue weighted by Gasteiger charge is -2.08. The third-order valence-electron chi connectivity index (χ3n) is 2.55. The van der Waals surface area contributed by atoms with E-state index in [9.17, 15) is 4.79 Å². The quantitative estimate of drug-likeness (QED) is 0.621. The van der Waals surface area contributed by atoms with Gasteiger partial charge in [0.15, 0.2) is 0 Å². The van der Waals surface area contributed by atoms with E-state index in [1.807, 2.05) is 31.2 Å². The molecule has 2 aromatic rings. The van der Waals surface area contributed by atoms with E-state index in [2.05, 4.69) is 43.8 Å². The first-order chi connectivity index (χ1) is 8.97. The maximum atomic E-state index is 12.1. The van der Waals surface area contributed by atoms with Crippen molar-refractivity contribution < 1.29 is 4.79 Å². The molecule has 0 atom stereocenters. The summed E-state index contributed by atoms with van der Waals surface area (Å²) in [6, 6.07) is 11.0. The van der Waals surface area contributed by atoms with Gasteiger partial charge in [0, 0.05) is 13.6 Å². The number of hydrogen-bond acceptors (Lipinski definition) is 1. The van der Waals surface area contributed by atoms with Gasteiger partial charge in [-0.05, 0) is 81.3 Å². The van der Waals surface area contributed by atoms with Crippen molar-refractivity contribution in [1.29, 1.82) is 0 Å². The van der Waals surface area contributed by atoms with E-state index >= 15 is 0 Å². The minimum absolute atomic E-state index is 0.178. The summed E-state index contributed by atoms with van der Waals surface area (Å²) < 4.78 is 1.78. The Kier molecular flexibility index (Phi) is 4.86. The van der Waals surface area contributed by atoms with Crippen LogP contribution in [0.25, 0.3) is 0 Å². The number of amides is 1. The molecular weight excluding hydrogens is 440 g/mol. The van der Waals surface area contributed by atoms with Crippen molar-refractivity contribution in [2.75, 3.05) is 5.32 Å². The third-order valence-corrected chi connectivity index (χ3v) is 4.78. The molecule has 1 N–H and O–H groups in total. The predicted octanol–water partition coefficient (Wildman–Crippen LogP) is 5.27. The molecule has 0 aliphatic heterocycles. The maximum absolute atomic E-state index is 12.1. The van der Waals surface area contributed by atoms with Gasteiger partial charge in [0.1, 0.15) is 0 Å². The van der Waals surface area contributed by atoms with Gasteiger partial charge in [-0.3, -0.25) is 4.79 Å². The van der Waals surface area contributed by atoms with Crippen molar-refractivity contribution in [2.24, 2.45) is 0 Å². The summed E-state index contributed by atoms with van der Waals surface area (Å²) in [4.78, 5) is 12.1. The number of carbonyl (C=O) groups is 1. The van der Waals surface area contributed by atoms with Gasteiger partial charge in [-0.2, -0.15) is 0 Å². The Bertz CT molecular complexity index is 645. The zero-order valence-corrected chi connectivity index (χ0v) is 14.5. The molecule has 0 unspecified atom stereocenters. The molecular formula is C14H10BrClINO. The van der Waals surface area contributed by atoms with Gasteiger partial charge in [-0.25, -0.2) is 0 Å². The zero-order valence-electron chi connectivity index (χ0n) is 10.0. The number of hydrogen-bond donors (Lipinski definition) is 1. The Hall–Kier alpha value is -0.590. The van der Waals surface area contributed by atoms with Crippen molar-refractivity contribution in [3.05, 3.63) is 60.6 Å². The van der Waals surface area contributed by atoms with Crippen LogP contribution < -0.4 is 5.32 Å². The summed E-state index contributed by atoms with van der Waals surface area (Å²) in [7, 11) is 0. The number of halogens is 3. The molecule has 0 saturated carbocycles. The fraction of sp³-hybridized carbons (Fsp3) is 0.0714. The predicted molar refractivity (Wildman–Crippen MR) is 91.0 cm³/mol. The highest BCUT2D eigenvalue weighted by molar-refractivity contribution is 14.1. The second-order valence-corrected chi connectivity index (χ2v) is 6.49. The SMILES string of the molecule is Cc1ccc(NC(=O)c2ccc(I)c(Cl)c2)c(Br)c1. The Morgan fingerprint density at radius 3 is 2.63 bits per heavy atom. The van der Waals surface area contributed by atoms with Crippen molar-refractivity contribution in [3.63, 3.8) is 0 Å². The summed E-state index contributed by atoms with van der Waals surface area (Å²) in [6.07, 6.45) is 0. The van der Waals surface area contributed by atoms with Crippen molar-refractivity contribution in [2.45, 2.75) is 6.92 Å². The Balaban J connectivity index is 2.23. The van der Waals surface area contributed by atoms with Crippen LogP contribution in [0.2, 0.25) is 5.02 Å². The topological polar surface area (TPSA) is 29.1 Å². The van der Waals surface area contributed by atoms with Gasteiger partial charge >= 0.3 is 0 Å². The summed E-state index contributed by atoms with van der Waals surface area (Å²) in [6.45, 7) is 2.00. The number of carbonyl (C=O) groups excluding carboxylic acids is 1. The van der Waals surface area contributed by atoms with Crippen molar-refractivity contribution >= 4 is 61.7 Å². The average Bonchev–Trinajstić information content (AvgIpc) is 2.36. The first-order valence-electron chi connectivity index (χ1n) is 5.50. The minimum atomic E-state index is -0.178. The highest BCUT2D eigenvalue weighted by Gasteiger charge is 2.10. The summed E-state index contributed by atoms with van der Waals surface area (Å²) in [5.41, 5.74) is 2.41. The molecule has 19 heavy (non-hydrogen) atoms. The molecule has 0 aliphatic rings. The molecule has 0 bridgehead atoms. The highest BCUT2D eigenvalue weighted by atomic mass is 127. The molecule has 0 spiro atoms. The highest BCUT2D eigenvalue weighted by Crippen LogP contribution is 2.25. The van der Waals surface area contributed by atoms with Gasteiger partial charge in [0.25, 0.3) is 5.91 Å². The first-order valence-corrected chi connectivity index (χ1v) is 7.75. The fourth-order valence-corrected chi connectivity index (χ4v) is 2.66. The zero-order chi connectivity index (χ0) is 14.0. The molecule has 0 aromatic heterocycles. The van der Waals surface area contributed by atoms with E-state index in [4.69, 9.17) is 11.6 Å². The largest absolute Gasteiger partial charge is 0.321 e. The lowest BCUT2D eigenvalue weighted by Crippen LogP contribution is -2.12. The van der Waals surface area contributed by atoms with E-state index in [0.717, 1.165) is 19.3 Å². The van der Waals surface area contributed by atoms with E-state index in [-0.39, 0.29) is 5.91 Å². The number of aryl methyl sites for hydroxylation is 1. The number of anilines is 1. The molecule has 2 aromatic carbocycles. The van der Waals surface area contributed by atoms with E-state index in [1.54, 1.807) is 12.1 Å². The molecule has 0 fully saturated rings. The van der Waals surface area contributed by atoms with Gasteiger partial charge in [0.2, 0.25) is 0 Å². The second kappa shape index (κ2) is 6.24. The standard InChI is InChI=1S/C14H10BrClINO/c1-8-2-5-13(10(15)6-8)18-14(19)9-3-4-12(17)11(16)7-9/h2-7H,1H3,(H,18,19). The van der Waals surface area contributed by atoms with Gasteiger partial charge in [0.05, 0.1) is 10.7 Å². The molecule has 98 valence electrons. The molecule has 5 heteroatoms. The Labute approximate surface area is 138 Å². The molecule has 0 heterocycles. The molecule has 0 radical (unpaired) electrons. The summed E-state index contributed by atoms with van der Waals surface area (Å²) in [5.74, 6) is -0.178. The average molecular weight is 451 g/mol. The third kappa shape index (κ3) is 3.70. The van der Waals surface area contributed by atoms with Crippen LogP contribution in [0.1, 0.15) is 15.9 Å². The lowest BCUT2D eigenvalue weighted by atomic mass is 10.2. The molecule has 0 saturated heterocycles. The molecule has 2 rings (SSSR count). The molecule has 2 nitrogen and oxygen atoms in total. The monoisotopic (exact) mass is 449 g/mol. The van der Waals surface area contributed by atoms with Gasteiger partial charge in [-0.15, -0.1) is 0 Å². The van der Waals surface area contributed by atoms with Crippen LogP contribution in [0.3, 0.4) is 0 Å². The van der Waals surface area contributed by atoms with Crippen LogP contribution in [-0.4, -0.2) is 5.91 Å². The fourth-order valence-electron chi connectivity index (χ4n) is 1.55. The Morgan fingerprint density at radius 1 is 1.26 bits per heavy atom. The summed E-state index contributed by atoms with van der Waals surface area (Å²) >= 11 is 11.6. The molecule has 1 amide bonds. The first kappa shape index (κ1) is 14.8. The van der Waals surface area contributed by atoms with E-state index in [0.29, 0.717) is 10.6 Å². The van der Waals surface area contributed by atoms with E-state index < -0.39 is 0 Å². The van der Waals surface area contributed by atoms with Crippen LogP contribution in [0, 0.1) is 10.5 Å². The Morgan fingerprint density at radius 2 is 2.00 bits per heavy atom. The van der Waals surface area contributed by atoms with Crippen LogP contribution in [0.15, 0.2) is 40.9 Å². The smallest absolute Gasteiger partial charge is 0.255 e. The maximum Gasteiger partial charge on any atom is 0.255 e. The van der Waals surface area contributed by atoms with Crippen LogP contribution in [-0.2, 0) is 0 Å². The number of rotatable bonds is 2. The number of benzene rings is 2. The minimum Gasteiger partial charge on any atom is -0.321 e.